The minimum Gasteiger partial charge on any atom is -0.384 e. The van der Waals surface area contributed by atoms with Gasteiger partial charge in [0.1, 0.15) is 11.6 Å². The number of nitrogens with zero attached hydrogens (tertiary/aromatic N) is 2. The van der Waals surface area contributed by atoms with Gasteiger partial charge >= 0.3 is 0 Å². The number of hydrogen-bond donors (Lipinski definition) is 1. The molecule has 0 fully saturated rings. The third-order valence-electron chi connectivity index (χ3n) is 3.24. The summed E-state index contributed by atoms with van der Waals surface area (Å²) in [7, 11) is 0. The molecule has 2 N–H and O–H groups in total. The fraction of sp³-hybridized carbons (Fsp3) is 0.786. The van der Waals surface area contributed by atoms with Crippen LogP contribution in [0.3, 0.4) is 0 Å². The molecule has 1 aromatic heterocycles. The second-order valence-electron chi connectivity index (χ2n) is 4.81. The van der Waals surface area contributed by atoms with Gasteiger partial charge in [-0.25, -0.2) is 4.98 Å². The first-order valence-corrected chi connectivity index (χ1v) is 7.02. The fourth-order valence-electron chi connectivity index (χ4n) is 2.23. The molecule has 0 atom stereocenters. The summed E-state index contributed by atoms with van der Waals surface area (Å²) in [6, 6.07) is 0. The summed E-state index contributed by atoms with van der Waals surface area (Å²) in [5.41, 5.74) is 7.24. The Hall–Kier alpha value is -0.990. The maximum atomic E-state index is 6.13. The Balaban J connectivity index is 2.45. The van der Waals surface area contributed by atoms with Gasteiger partial charge < -0.3 is 10.3 Å². The van der Waals surface area contributed by atoms with Crippen LogP contribution in [-0.4, -0.2) is 9.55 Å². The van der Waals surface area contributed by atoms with Gasteiger partial charge in [-0.15, -0.1) is 0 Å². The fourth-order valence-corrected chi connectivity index (χ4v) is 2.23. The number of unbranched alkanes of at least 4 members (excludes halogenated alkanes) is 4. The summed E-state index contributed by atoms with van der Waals surface area (Å²) < 4.78 is 2.14. The van der Waals surface area contributed by atoms with E-state index in [4.69, 9.17) is 5.73 Å². The van der Waals surface area contributed by atoms with Crippen LogP contribution in [0, 0.1) is 6.92 Å². The lowest BCUT2D eigenvalue weighted by Crippen LogP contribution is -2.05. The highest BCUT2D eigenvalue weighted by molar-refractivity contribution is 5.38. The average Bonchev–Trinajstić information content (AvgIpc) is 2.57. The van der Waals surface area contributed by atoms with Gasteiger partial charge in [-0.05, 0) is 26.2 Å². The minimum absolute atomic E-state index is 0.889. The van der Waals surface area contributed by atoms with E-state index in [-0.39, 0.29) is 0 Å². The van der Waals surface area contributed by atoms with E-state index in [1.54, 1.807) is 0 Å². The number of anilines is 1. The van der Waals surface area contributed by atoms with E-state index in [9.17, 15) is 0 Å². The predicted octanol–water partition coefficient (Wildman–Crippen LogP) is 3.70. The molecule has 17 heavy (non-hydrogen) atoms. The van der Waals surface area contributed by atoms with Crippen LogP contribution in [0.2, 0.25) is 0 Å². The van der Waals surface area contributed by atoms with Gasteiger partial charge in [0.05, 0.1) is 5.69 Å². The van der Waals surface area contributed by atoms with Gasteiger partial charge in [0, 0.05) is 6.54 Å². The molecule has 0 radical (unpaired) electrons. The van der Waals surface area contributed by atoms with Crippen molar-refractivity contribution in [3.8, 4) is 0 Å². The average molecular weight is 237 g/mol. The van der Waals surface area contributed by atoms with Crippen LogP contribution in [0.25, 0.3) is 0 Å². The highest BCUT2D eigenvalue weighted by atomic mass is 15.1. The van der Waals surface area contributed by atoms with Crippen molar-refractivity contribution < 1.29 is 0 Å². The van der Waals surface area contributed by atoms with Crippen LogP contribution in [0.4, 0.5) is 5.82 Å². The number of hydrogen-bond acceptors (Lipinski definition) is 2. The summed E-state index contributed by atoms with van der Waals surface area (Å²) in [6.07, 6.45) is 8.64. The van der Waals surface area contributed by atoms with Crippen molar-refractivity contribution >= 4 is 5.82 Å². The highest BCUT2D eigenvalue weighted by Gasteiger charge is 2.10. The molecule has 0 unspecified atom stereocenters. The highest BCUT2D eigenvalue weighted by Crippen LogP contribution is 2.17. The van der Waals surface area contributed by atoms with Crippen molar-refractivity contribution in [3.05, 3.63) is 11.5 Å². The van der Waals surface area contributed by atoms with Crippen molar-refractivity contribution in [2.75, 3.05) is 5.73 Å². The minimum atomic E-state index is 0.889. The predicted molar refractivity (Wildman–Crippen MR) is 74.1 cm³/mol. The Bertz CT molecular complexity index is 328. The molecule has 1 heterocycles. The van der Waals surface area contributed by atoms with Crippen molar-refractivity contribution in [3.63, 3.8) is 0 Å². The van der Waals surface area contributed by atoms with Crippen molar-refractivity contribution in [2.45, 2.75) is 72.3 Å². The first kappa shape index (κ1) is 14.1. The van der Waals surface area contributed by atoms with Gasteiger partial charge in [0.25, 0.3) is 0 Å². The molecule has 1 aromatic rings. The molecule has 0 aliphatic rings. The van der Waals surface area contributed by atoms with E-state index >= 15 is 0 Å². The zero-order valence-electron chi connectivity index (χ0n) is 11.6. The standard InChI is InChI=1S/C14H27N3/c1-4-6-7-8-9-10-13-14(15)17(11-5-2)12(3)16-13/h4-11,15H2,1-3H3. The molecule has 0 saturated carbocycles. The monoisotopic (exact) mass is 237 g/mol. The number of imidazole rings is 1. The molecule has 0 amide bonds. The number of rotatable bonds is 8. The molecule has 0 aliphatic carbocycles. The summed E-state index contributed by atoms with van der Waals surface area (Å²) in [5.74, 6) is 1.95. The van der Waals surface area contributed by atoms with Crippen LogP contribution in [0.5, 0.6) is 0 Å². The van der Waals surface area contributed by atoms with Crippen molar-refractivity contribution in [2.24, 2.45) is 0 Å². The Labute approximate surface area is 105 Å². The second-order valence-corrected chi connectivity index (χ2v) is 4.81. The van der Waals surface area contributed by atoms with Crippen LogP contribution < -0.4 is 5.73 Å². The third kappa shape index (κ3) is 4.06. The van der Waals surface area contributed by atoms with Gasteiger partial charge in [-0.2, -0.15) is 0 Å². The maximum Gasteiger partial charge on any atom is 0.126 e. The molecular formula is C14H27N3. The Morgan fingerprint density at radius 3 is 2.41 bits per heavy atom. The lowest BCUT2D eigenvalue weighted by Gasteiger charge is -2.05. The van der Waals surface area contributed by atoms with Gasteiger partial charge in [-0.3, -0.25) is 0 Å². The molecule has 1 rings (SSSR count). The Morgan fingerprint density at radius 1 is 1.06 bits per heavy atom. The molecule has 0 aliphatic heterocycles. The third-order valence-corrected chi connectivity index (χ3v) is 3.24. The molecule has 3 heteroatoms. The van der Waals surface area contributed by atoms with Gasteiger partial charge in [-0.1, -0.05) is 39.5 Å². The molecule has 0 saturated heterocycles. The summed E-state index contributed by atoms with van der Waals surface area (Å²) in [6.45, 7) is 7.45. The maximum absolute atomic E-state index is 6.13. The lowest BCUT2D eigenvalue weighted by atomic mass is 10.1. The Morgan fingerprint density at radius 2 is 1.76 bits per heavy atom. The topological polar surface area (TPSA) is 43.8 Å². The second kappa shape index (κ2) is 7.36. The zero-order chi connectivity index (χ0) is 12.7. The number of aromatic nitrogens is 2. The lowest BCUT2D eigenvalue weighted by molar-refractivity contribution is 0.629. The van der Waals surface area contributed by atoms with Gasteiger partial charge in [0.2, 0.25) is 0 Å². The number of aryl methyl sites for hydroxylation is 2. The van der Waals surface area contributed by atoms with E-state index in [1.165, 1.54) is 32.1 Å². The van der Waals surface area contributed by atoms with E-state index in [2.05, 4.69) is 23.4 Å². The van der Waals surface area contributed by atoms with E-state index in [1.807, 2.05) is 6.92 Å². The SMILES string of the molecule is CCCCCCCc1nc(C)n(CCC)c1N. The van der Waals surface area contributed by atoms with E-state index in [0.717, 1.165) is 36.7 Å². The van der Waals surface area contributed by atoms with E-state index in [0.29, 0.717) is 0 Å². The van der Waals surface area contributed by atoms with E-state index < -0.39 is 0 Å². The van der Waals surface area contributed by atoms with Gasteiger partial charge in [0.15, 0.2) is 0 Å². The number of nitrogens with two attached hydrogens (primary N) is 1. The molecule has 98 valence electrons. The van der Waals surface area contributed by atoms with Crippen LogP contribution >= 0.6 is 0 Å². The molecular weight excluding hydrogens is 210 g/mol. The summed E-state index contributed by atoms with van der Waals surface area (Å²) in [5, 5.41) is 0. The largest absolute Gasteiger partial charge is 0.384 e. The zero-order valence-corrected chi connectivity index (χ0v) is 11.6. The summed E-state index contributed by atoms with van der Waals surface area (Å²) >= 11 is 0. The molecule has 0 aromatic carbocycles. The quantitative estimate of drug-likeness (QED) is 0.701. The molecule has 0 spiro atoms. The van der Waals surface area contributed by atoms with Crippen LogP contribution in [0.15, 0.2) is 0 Å². The van der Waals surface area contributed by atoms with Crippen molar-refractivity contribution in [1.29, 1.82) is 0 Å². The summed E-state index contributed by atoms with van der Waals surface area (Å²) in [4.78, 5) is 4.58. The normalized spacial score (nSPS) is 11.0. The smallest absolute Gasteiger partial charge is 0.126 e. The van der Waals surface area contributed by atoms with Crippen LogP contribution in [0.1, 0.15) is 63.9 Å². The Kier molecular flexibility index (Phi) is 6.09. The first-order chi connectivity index (χ1) is 8.20. The molecule has 3 nitrogen and oxygen atoms in total. The first-order valence-electron chi connectivity index (χ1n) is 7.02. The number of nitrogen functional groups attached to an aromatic ring is 1. The molecule has 0 bridgehead atoms. The van der Waals surface area contributed by atoms with Crippen molar-refractivity contribution in [1.82, 2.24) is 9.55 Å². The van der Waals surface area contributed by atoms with Crippen LogP contribution in [-0.2, 0) is 13.0 Å².